The summed E-state index contributed by atoms with van der Waals surface area (Å²) in [5.41, 5.74) is 0.695. The number of esters is 1. The minimum Gasteiger partial charge on any atom is -0.468 e. The molecule has 2 rings (SSSR count). The Morgan fingerprint density at radius 2 is 2.09 bits per heavy atom. The first kappa shape index (κ1) is 17.4. The molecule has 1 heterocycles. The lowest BCUT2D eigenvalue weighted by atomic mass is 9.99. The van der Waals surface area contributed by atoms with Crippen LogP contribution in [0.5, 0.6) is 0 Å². The van der Waals surface area contributed by atoms with Crippen molar-refractivity contribution in [2.75, 3.05) is 20.2 Å². The Kier molecular flexibility index (Phi) is 6.10. The Morgan fingerprint density at radius 1 is 1.39 bits per heavy atom. The van der Waals surface area contributed by atoms with E-state index in [9.17, 15) is 14.0 Å². The fourth-order valence-corrected chi connectivity index (χ4v) is 2.94. The molecule has 2 unspecified atom stereocenters. The molecule has 1 aliphatic rings. The van der Waals surface area contributed by atoms with Gasteiger partial charge in [0.05, 0.1) is 7.11 Å². The van der Waals surface area contributed by atoms with Gasteiger partial charge in [0, 0.05) is 19.0 Å². The molecule has 1 amide bonds. The molecule has 0 spiro atoms. The standard InChI is InChI=1S/C17H23FN2O3/c1-3-15(21)19-14-5-4-10-20(11-14)16(17(22)23-2)12-6-8-13(18)9-7-12/h6-9,14,16H,3-5,10-11H2,1-2H3,(H,19,21). The van der Waals surface area contributed by atoms with Gasteiger partial charge in [-0.25, -0.2) is 9.18 Å². The molecule has 1 aliphatic heterocycles. The number of piperidine rings is 1. The number of hydrogen-bond donors (Lipinski definition) is 1. The zero-order chi connectivity index (χ0) is 16.8. The van der Waals surface area contributed by atoms with E-state index in [-0.39, 0.29) is 23.7 Å². The summed E-state index contributed by atoms with van der Waals surface area (Å²) in [7, 11) is 1.35. The van der Waals surface area contributed by atoms with E-state index in [1.165, 1.54) is 19.2 Å². The Morgan fingerprint density at radius 3 is 2.70 bits per heavy atom. The number of nitrogens with zero attached hydrogens (tertiary/aromatic N) is 1. The van der Waals surface area contributed by atoms with Gasteiger partial charge in [0.15, 0.2) is 0 Å². The molecular weight excluding hydrogens is 299 g/mol. The monoisotopic (exact) mass is 322 g/mol. The third kappa shape index (κ3) is 4.51. The Balaban J connectivity index is 2.16. The molecule has 1 aromatic carbocycles. The van der Waals surface area contributed by atoms with Crippen molar-refractivity contribution in [3.63, 3.8) is 0 Å². The van der Waals surface area contributed by atoms with Gasteiger partial charge in [-0.05, 0) is 37.1 Å². The first-order valence-electron chi connectivity index (χ1n) is 7.91. The summed E-state index contributed by atoms with van der Waals surface area (Å²) < 4.78 is 18.1. The van der Waals surface area contributed by atoms with Crippen LogP contribution in [0, 0.1) is 5.82 Å². The summed E-state index contributed by atoms with van der Waals surface area (Å²) in [6.45, 7) is 3.12. The molecule has 126 valence electrons. The van der Waals surface area contributed by atoms with E-state index in [2.05, 4.69) is 5.32 Å². The molecule has 0 radical (unpaired) electrons. The number of amides is 1. The maximum absolute atomic E-state index is 13.1. The van der Waals surface area contributed by atoms with Gasteiger partial charge in [-0.2, -0.15) is 0 Å². The third-order valence-electron chi connectivity index (χ3n) is 4.11. The molecule has 0 aliphatic carbocycles. The summed E-state index contributed by atoms with van der Waals surface area (Å²) in [6.07, 6.45) is 2.21. The van der Waals surface area contributed by atoms with Crippen molar-refractivity contribution in [1.29, 1.82) is 0 Å². The van der Waals surface area contributed by atoms with Crippen LogP contribution < -0.4 is 5.32 Å². The number of rotatable bonds is 5. The minimum atomic E-state index is -0.582. The predicted octanol–water partition coefficient (Wildman–Crippen LogP) is 2.03. The second-order valence-corrected chi connectivity index (χ2v) is 5.73. The first-order chi connectivity index (χ1) is 11.0. The molecule has 6 heteroatoms. The summed E-state index contributed by atoms with van der Waals surface area (Å²) in [4.78, 5) is 25.8. The van der Waals surface area contributed by atoms with Gasteiger partial charge < -0.3 is 10.1 Å². The van der Waals surface area contributed by atoms with E-state index < -0.39 is 6.04 Å². The number of hydrogen-bond acceptors (Lipinski definition) is 4. The fraction of sp³-hybridized carbons (Fsp3) is 0.529. The normalized spacial score (nSPS) is 19.9. The lowest BCUT2D eigenvalue weighted by molar-refractivity contribution is -0.148. The number of ether oxygens (including phenoxy) is 1. The van der Waals surface area contributed by atoms with Gasteiger partial charge in [-0.1, -0.05) is 19.1 Å². The van der Waals surface area contributed by atoms with Crippen LogP contribution in [-0.4, -0.2) is 43.0 Å². The zero-order valence-electron chi connectivity index (χ0n) is 13.5. The van der Waals surface area contributed by atoms with Crippen molar-refractivity contribution in [3.05, 3.63) is 35.6 Å². The maximum Gasteiger partial charge on any atom is 0.327 e. The van der Waals surface area contributed by atoms with Crippen LogP contribution in [0.25, 0.3) is 0 Å². The van der Waals surface area contributed by atoms with Crippen molar-refractivity contribution in [3.8, 4) is 0 Å². The highest BCUT2D eigenvalue weighted by Crippen LogP contribution is 2.26. The van der Waals surface area contributed by atoms with Crippen molar-refractivity contribution in [2.24, 2.45) is 0 Å². The second-order valence-electron chi connectivity index (χ2n) is 5.73. The van der Waals surface area contributed by atoms with Crippen molar-refractivity contribution in [2.45, 2.75) is 38.3 Å². The van der Waals surface area contributed by atoms with Crippen LogP contribution in [0.1, 0.15) is 37.8 Å². The molecule has 0 bridgehead atoms. The van der Waals surface area contributed by atoms with E-state index in [1.54, 1.807) is 12.1 Å². The fourth-order valence-electron chi connectivity index (χ4n) is 2.94. The van der Waals surface area contributed by atoms with Gasteiger partial charge in [-0.15, -0.1) is 0 Å². The summed E-state index contributed by atoms with van der Waals surface area (Å²) in [5.74, 6) is -0.712. The Labute approximate surface area is 135 Å². The Bertz CT molecular complexity index is 547. The van der Waals surface area contributed by atoms with Crippen LogP contribution >= 0.6 is 0 Å². The molecule has 23 heavy (non-hydrogen) atoms. The van der Waals surface area contributed by atoms with Crippen molar-refractivity contribution >= 4 is 11.9 Å². The number of carbonyl (C=O) groups is 2. The van der Waals surface area contributed by atoms with E-state index >= 15 is 0 Å². The lowest BCUT2D eigenvalue weighted by Crippen LogP contribution is -2.50. The molecule has 1 N–H and O–H groups in total. The third-order valence-corrected chi connectivity index (χ3v) is 4.11. The molecular formula is C17H23FN2O3. The van der Waals surface area contributed by atoms with Crippen LogP contribution in [0.15, 0.2) is 24.3 Å². The number of likely N-dealkylation sites (tertiary alicyclic amines) is 1. The van der Waals surface area contributed by atoms with Crippen LogP contribution in [0.3, 0.4) is 0 Å². The largest absolute Gasteiger partial charge is 0.468 e. The zero-order valence-corrected chi connectivity index (χ0v) is 13.5. The van der Waals surface area contributed by atoms with Crippen molar-refractivity contribution < 1.29 is 18.7 Å². The minimum absolute atomic E-state index is 0.00764. The summed E-state index contributed by atoms with van der Waals surface area (Å²) >= 11 is 0. The van der Waals surface area contributed by atoms with Gasteiger partial charge in [-0.3, -0.25) is 9.69 Å². The quantitative estimate of drug-likeness (QED) is 0.843. The number of benzene rings is 1. The van der Waals surface area contributed by atoms with Gasteiger partial charge in [0.1, 0.15) is 11.9 Å². The molecule has 0 aromatic heterocycles. The molecule has 2 atom stereocenters. The van der Waals surface area contributed by atoms with Gasteiger partial charge in [0.2, 0.25) is 5.91 Å². The summed E-state index contributed by atoms with van der Waals surface area (Å²) in [5, 5.41) is 2.98. The average Bonchev–Trinajstić information content (AvgIpc) is 2.57. The number of methoxy groups -OCH3 is 1. The number of carbonyl (C=O) groups excluding carboxylic acids is 2. The van der Waals surface area contributed by atoms with E-state index in [1.807, 2.05) is 11.8 Å². The topological polar surface area (TPSA) is 58.6 Å². The average molecular weight is 322 g/mol. The molecule has 5 nitrogen and oxygen atoms in total. The molecule has 0 saturated carbocycles. The van der Waals surface area contributed by atoms with Crippen LogP contribution in [0.2, 0.25) is 0 Å². The Hall–Kier alpha value is -1.95. The highest BCUT2D eigenvalue weighted by Gasteiger charge is 2.32. The number of nitrogens with one attached hydrogen (secondary N) is 1. The smallest absolute Gasteiger partial charge is 0.327 e. The van der Waals surface area contributed by atoms with Crippen LogP contribution in [-0.2, 0) is 14.3 Å². The van der Waals surface area contributed by atoms with Crippen molar-refractivity contribution in [1.82, 2.24) is 10.2 Å². The van der Waals surface area contributed by atoms with Crippen LogP contribution in [0.4, 0.5) is 4.39 Å². The second kappa shape index (κ2) is 8.06. The van der Waals surface area contributed by atoms with E-state index in [4.69, 9.17) is 4.74 Å². The molecule has 1 aromatic rings. The van der Waals surface area contributed by atoms with Gasteiger partial charge >= 0.3 is 5.97 Å². The SMILES string of the molecule is CCC(=O)NC1CCCN(C(C(=O)OC)c2ccc(F)cc2)C1. The number of halogens is 1. The summed E-state index contributed by atoms with van der Waals surface area (Å²) in [6, 6.07) is 5.32. The molecule has 1 fully saturated rings. The molecule has 1 saturated heterocycles. The first-order valence-corrected chi connectivity index (χ1v) is 7.91. The predicted molar refractivity (Wildman–Crippen MR) is 84.2 cm³/mol. The maximum atomic E-state index is 13.1. The van der Waals surface area contributed by atoms with E-state index in [0.29, 0.717) is 18.5 Å². The van der Waals surface area contributed by atoms with Gasteiger partial charge in [0.25, 0.3) is 0 Å². The lowest BCUT2D eigenvalue weighted by Gasteiger charge is -2.37. The highest BCUT2D eigenvalue weighted by atomic mass is 19.1. The highest BCUT2D eigenvalue weighted by molar-refractivity contribution is 5.78. The van der Waals surface area contributed by atoms with E-state index in [0.717, 1.165) is 19.4 Å².